The van der Waals surface area contributed by atoms with Crippen molar-refractivity contribution in [1.82, 2.24) is 19.9 Å². The zero-order valence-electron chi connectivity index (χ0n) is 23.5. The molecule has 0 bridgehead atoms. The number of alkyl halides is 6. The van der Waals surface area contributed by atoms with E-state index in [9.17, 15) is 39.6 Å². The van der Waals surface area contributed by atoms with Gasteiger partial charge in [0.05, 0.1) is 28.9 Å². The molecule has 3 N–H and O–H groups in total. The highest BCUT2D eigenvalue weighted by atomic mass is 32.2. The number of sulfone groups is 1. The Balaban J connectivity index is 0.000000402. The molecule has 0 saturated carbocycles. The largest absolute Gasteiger partial charge is 0.490 e. The summed E-state index contributed by atoms with van der Waals surface area (Å²) >= 11 is 0. The second kappa shape index (κ2) is 13.7. The average Bonchev–Trinajstić information content (AvgIpc) is 3.34. The van der Waals surface area contributed by atoms with Crippen LogP contribution in [0.3, 0.4) is 0 Å². The quantitative estimate of drug-likeness (QED) is 0.410. The highest BCUT2D eigenvalue weighted by molar-refractivity contribution is 7.91. The highest BCUT2D eigenvalue weighted by Crippen LogP contribution is 2.40. The van der Waals surface area contributed by atoms with Crippen molar-refractivity contribution in [3.8, 4) is 0 Å². The Kier molecular flexibility index (Phi) is 11.3. The molecule has 44 heavy (non-hydrogen) atoms. The number of hydrogen-bond acceptors (Lipinski definition) is 9. The summed E-state index contributed by atoms with van der Waals surface area (Å²) in [7, 11) is -3.36. The van der Waals surface area contributed by atoms with Crippen molar-refractivity contribution in [2.24, 2.45) is 5.41 Å². The normalized spacial score (nSPS) is 18.8. The van der Waals surface area contributed by atoms with Crippen LogP contribution in [0.2, 0.25) is 0 Å². The number of pyridine rings is 1. The van der Waals surface area contributed by atoms with Crippen molar-refractivity contribution >= 4 is 33.6 Å². The Morgan fingerprint density at radius 1 is 0.977 bits per heavy atom. The minimum absolute atomic E-state index is 0.00351. The van der Waals surface area contributed by atoms with Gasteiger partial charge in [0.1, 0.15) is 0 Å². The van der Waals surface area contributed by atoms with Crippen LogP contribution in [-0.2, 0) is 36.5 Å². The van der Waals surface area contributed by atoms with E-state index in [0.717, 1.165) is 11.4 Å². The van der Waals surface area contributed by atoms with Crippen LogP contribution in [-0.4, -0.2) is 87.0 Å². The van der Waals surface area contributed by atoms with E-state index in [2.05, 4.69) is 20.3 Å². The third-order valence-corrected chi connectivity index (χ3v) is 8.12. The number of nitrogens with zero attached hydrogens (tertiary/aromatic N) is 4. The van der Waals surface area contributed by atoms with Gasteiger partial charge in [-0.1, -0.05) is 26.8 Å². The molecule has 19 heteroatoms. The van der Waals surface area contributed by atoms with Gasteiger partial charge in [-0.3, -0.25) is 9.78 Å². The maximum Gasteiger partial charge on any atom is 0.490 e. The number of anilines is 1. The van der Waals surface area contributed by atoms with Gasteiger partial charge in [-0.25, -0.2) is 28.0 Å². The van der Waals surface area contributed by atoms with Crippen LogP contribution in [0.5, 0.6) is 0 Å². The van der Waals surface area contributed by atoms with Crippen LogP contribution < -0.4 is 5.32 Å². The first-order valence-electron chi connectivity index (χ1n) is 12.6. The lowest BCUT2D eigenvalue weighted by Crippen LogP contribution is -2.36. The molecule has 0 aliphatic carbocycles. The molecule has 1 saturated heterocycles. The molecule has 2 aromatic rings. The molecule has 12 nitrogen and oxygen atoms in total. The smallest absolute Gasteiger partial charge is 0.475 e. The summed E-state index contributed by atoms with van der Waals surface area (Å²) in [5, 5.41) is 16.8. The van der Waals surface area contributed by atoms with Crippen molar-refractivity contribution in [2.45, 2.75) is 63.0 Å². The maximum atomic E-state index is 12.9. The zero-order chi connectivity index (χ0) is 33.7. The number of fused-ring (bicyclic) bond motifs is 3. The van der Waals surface area contributed by atoms with Crippen LogP contribution in [0.15, 0.2) is 30.6 Å². The first kappa shape index (κ1) is 36.2. The number of likely N-dealkylation sites (tertiary alicyclic amines) is 1. The molecule has 0 aromatic carbocycles. The minimum Gasteiger partial charge on any atom is -0.475 e. The minimum atomic E-state index is -5.08. The van der Waals surface area contributed by atoms with Gasteiger partial charge in [0.15, 0.2) is 9.84 Å². The lowest BCUT2D eigenvalue weighted by molar-refractivity contribution is -0.193. The number of amides is 1. The molecule has 2 aliphatic heterocycles. The summed E-state index contributed by atoms with van der Waals surface area (Å²) in [6, 6.07) is 5.67. The number of nitrogens with one attached hydrogen (secondary N) is 1. The molecule has 2 aliphatic rings. The molecule has 0 radical (unpaired) electrons. The third-order valence-electron chi connectivity index (χ3n) is 6.01. The highest BCUT2D eigenvalue weighted by Gasteiger charge is 2.48. The number of hydrogen-bond donors (Lipinski definition) is 3. The van der Waals surface area contributed by atoms with E-state index in [1.54, 1.807) is 17.3 Å². The number of carbonyl (C=O) groups is 3. The molecule has 0 unspecified atom stereocenters. The van der Waals surface area contributed by atoms with E-state index >= 15 is 0 Å². The SMILES string of the molecule is CC(C)(C)CC(=O)N1C[C@@H]2c3nc(NCc4ccccn4)ncc3CS(=O)(=O)[C@@H]2C1.O=C(O)C(F)(F)F.O=C(O)C(F)(F)F. The summed E-state index contributed by atoms with van der Waals surface area (Å²) in [5.74, 6) is -5.47. The monoisotopic (exact) mass is 657 g/mol. The van der Waals surface area contributed by atoms with Gasteiger partial charge in [0.25, 0.3) is 0 Å². The Morgan fingerprint density at radius 2 is 1.55 bits per heavy atom. The van der Waals surface area contributed by atoms with Gasteiger partial charge in [0, 0.05) is 43.4 Å². The maximum absolute atomic E-state index is 12.9. The van der Waals surface area contributed by atoms with E-state index in [1.165, 1.54) is 0 Å². The molecular weight excluding hydrogens is 628 g/mol. The number of carboxylic acids is 2. The predicted molar refractivity (Wildman–Crippen MR) is 141 cm³/mol. The summed E-state index contributed by atoms with van der Waals surface area (Å²) in [4.78, 5) is 45.4. The van der Waals surface area contributed by atoms with Gasteiger partial charge in [-0.05, 0) is 17.5 Å². The van der Waals surface area contributed by atoms with Crippen LogP contribution >= 0.6 is 0 Å². The predicted octanol–water partition coefficient (Wildman–Crippen LogP) is 3.41. The molecule has 4 rings (SSSR count). The second-order valence-electron chi connectivity index (χ2n) is 10.9. The van der Waals surface area contributed by atoms with Crippen molar-refractivity contribution in [1.29, 1.82) is 0 Å². The van der Waals surface area contributed by atoms with Gasteiger partial charge < -0.3 is 20.4 Å². The number of carbonyl (C=O) groups excluding carboxylic acids is 1. The topological polar surface area (TPSA) is 180 Å². The zero-order valence-corrected chi connectivity index (χ0v) is 24.3. The van der Waals surface area contributed by atoms with E-state index < -0.39 is 39.4 Å². The summed E-state index contributed by atoms with van der Waals surface area (Å²) in [6.07, 6.45) is -6.46. The summed E-state index contributed by atoms with van der Waals surface area (Å²) in [5.41, 5.74) is 2.08. The molecule has 2 atom stereocenters. The number of aromatic nitrogens is 3. The van der Waals surface area contributed by atoms with Gasteiger partial charge in [-0.2, -0.15) is 26.3 Å². The van der Waals surface area contributed by atoms with Gasteiger partial charge in [0.2, 0.25) is 11.9 Å². The lowest BCUT2D eigenvalue weighted by atomic mass is 9.91. The first-order chi connectivity index (χ1) is 20.0. The molecule has 4 heterocycles. The van der Waals surface area contributed by atoms with Crippen molar-refractivity contribution in [3.05, 3.63) is 47.5 Å². The summed E-state index contributed by atoms with van der Waals surface area (Å²) in [6.45, 7) is 7.11. The second-order valence-corrected chi connectivity index (χ2v) is 13.1. The van der Waals surface area contributed by atoms with Crippen LogP contribution in [0.25, 0.3) is 0 Å². The van der Waals surface area contributed by atoms with E-state index in [-0.39, 0.29) is 29.5 Å². The van der Waals surface area contributed by atoms with Gasteiger partial charge in [-0.15, -0.1) is 0 Å². The summed E-state index contributed by atoms with van der Waals surface area (Å²) < 4.78 is 89.2. The van der Waals surface area contributed by atoms with Crippen molar-refractivity contribution in [2.75, 3.05) is 18.4 Å². The van der Waals surface area contributed by atoms with E-state index in [4.69, 9.17) is 19.8 Å². The molecule has 1 amide bonds. The molecule has 1 fully saturated rings. The Labute approximate surface area is 247 Å². The average molecular weight is 658 g/mol. The number of carboxylic acid groups (broad SMARTS) is 2. The first-order valence-corrected chi connectivity index (χ1v) is 14.3. The number of halogens is 6. The van der Waals surface area contributed by atoms with E-state index in [1.807, 2.05) is 39.0 Å². The van der Waals surface area contributed by atoms with Crippen LogP contribution in [0, 0.1) is 5.41 Å². The Hall–Kier alpha value is -4.03. The van der Waals surface area contributed by atoms with Crippen LogP contribution in [0.1, 0.15) is 50.1 Å². The molecule has 2 aromatic heterocycles. The van der Waals surface area contributed by atoms with E-state index in [0.29, 0.717) is 31.0 Å². The van der Waals surface area contributed by atoms with Crippen molar-refractivity contribution < 1.29 is 59.4 Å². The molecular formula is C25H29F6N5O7S. The third kappa shape index (κ3) is 10.6. The van der Waals surface area contributed by atoms with Crippen LogP contribution in [0.4, 0.5) is 32.3 Å². The fourth-order valence-corrected chi connectivity index (χ4v) is 6.10. The fourth-order valence-electron chi connectivity index (χ4n) is 4.10. The number of rotatable bonds is 4. The standard InChI is InChI=1S/C21H27N5O3S.2C2HF3O2/c1-21(2,3)8-18(27)26-11-16-17(12-26)30(28,29)13-14-9-23-20(25-19(14)16)24-10-15-6-4-5-7-22-15;2*3-2(4,5)1(6)7/h4-7,9,16-17H,8,10-13H2,1-3H3,(H,23,24,25);2*(H,6,7)/t16-,17+;;/m0../s1. The molecule has 244 valence electrons. The fraction of sp³-hybridized carbons (Fsp3) is 0.520. The van der Waals surface area contributed by atoms with Gasteiger partial charge >= 0.3 is 24.3 Å². The Bertz CT molecular complexity index is 1420. The van der Waals surface area contributed by atoms with Crippen molar-refractivity contribution in [3.63, 3.8) is 0 Å². The lowest BCUT2D eigenvalue weighted by Gasteiger charge is -2.26. The number of aliphatic carboxylic acids is 2. The Morgan fingerprint density at radius 3 is 2.02 bits per heavy atom. The molecule has 0 spiro atoms.